The number of carbonyl (C=O) groups excluding carboxylic acids is 2. The van der Waals surface area contributed by atoms with Crippen LogP contribution in [0, 0.1) is 0 Å². The molecule has 25 heavy (non-hydrogen) atoms. The molecule has 0 saturated heterocycles. The van der Waals surface area contributed by atoms with Gasteiger partial charge in [0.25, 0.3) is 11.8 Å². The zero-order valence-corrected chi connectivity index (χ0v) is 15.6. The maximum Gasteiger partial charge on any atom is 0.267 e. The molecule has 2 rings (SSSR count). The Hall–Kier alpha value is -2.60. The minimum Gasteiger partial charge on any atom is -0.497 e. The van der Waals surface area contributed by atoms with Crippen LogP contribution in [0.5, 0.6) is 5.75 Å². The van der Waals surface area contributed by atoms with Crippen molar-refractivity contribution in [1.82, 2.24) is 10.6 Å². The molecular weight excluding hydrogens is 384 g/mol. The summed E-state index contributed by atoms with van der Waals surface area (Å²) in [7, 11) is 1.59. The topological polar surface area (TPSA) is 67.4 Å². The molecule has 0 bridgehead atoms. The summed E-state index contributed by atoms with van der Waals surface area (Å²) in [6, 6.07) is 14.2. The largest absolute Gasteiger partial charge is 0.497 e. The van der Waals surface area contributed by atoms with Gasteiger partial charge in [0.05, 0.1) is 12.7 Å². The van der Waals surface area contributed by atoms with Crippen molar-refractivity contribution in [2.45, 2.75) is 6.92 Å². The molecule has 5 nitrogen and oxygen atoms in total. The predicted octanol–water partition coefficient (Wildman–Crippen LogP) is 3.36. The number of benzene rings is 2. The number of halogens is 1. The van der Waals surface area contributed by atoms with Gasteiger partial charge in [0.2, 0.25) is 0 Å². The quantitative estimate of drug-likeness (QED) is 0.727. The van der Waals surface area contributed by atoms with Crippen molar-refractivity contribution in [2.75, 3.05) is 13.7 Å². The highest BCUT2D eigenvalue weighted by atomic mass is 79.9. The summed E-state index contributed by atoms with van der Waals surface area (Å²) in [5.74, 6) is 0.00572. The molecule has 6 heteroatoms. The summed E-state index contributed by atoms with van der Waals surface area (Å²) in [4.78, 5) is 24.8. The molecule has 0 atom stereocenters. The van der Waals surface area contributed by atoms with Gasteiger partial charge in [0, 0.05) is 11.0 Å². The van der Waals surface area contributed by atoms with Gasteiger partial charge < -0.3 is 15.4 Å². The molecule has 0 aliphatic heterocycles. The highest BCUT2D eigenvalue weighted by Gasteiger charge is 2.15. The van der Waals surface area contributed by atoms with E-state index in [1.807, 2.05) is 25.1 Å². The molecule has 0 radical (unpaired) electrons. The van der Waals surface area contributed by atoms with Crippen LogP contribution < -0.4 is 15.4 Å². The molecular formula is C19H19BrN2O3. The van der Waals surface area contributed by atoms with Gasteiger partial charge in [0.15, 0.2) is 0 Å². The van der Waals surface area contributed by atoms with E-state index in [2.05, 4.69) is 26.6 Å². The van der Waals surface area contributed by atoms with Crippen LogP contribution in [0.2, 0.25) is 0 Å². The lowest BCUT2D eigenvalue weighted by molar-refractivity contribution is -0.117. The standard InChI is InChI=1S/C19H19BrN2O3/c1-3-21-19(24)17(12-13-8-10-14(25-2)11-9-13)22-18(23)15-6-4-5-7-16(15)20/h4-12H,3H2,1-2H3,(H,21,24)(H,22,23). The van der Waals surface area contributed by atoms with E-state index in [0.717, 1.165) is 5.56 Å². The van der Waals surface area contributed by atoms with Crippen LogP contribution in [0.4, 0.5) is 0 Å². The van der Waals surface area contributed by atoms with Gasteiger partial charge in [-0.2, -0.15) is 0 Å². The molecule has 0 unspecified atom stereocenters. The molecule has 130 valence electrons. The Morgan fingerprint density at radius 3 is 2.40 bits per heavy atom. The van der Waals surface area contributed by atoms with Crippen LogP contribution in [0.15, 0.2) is 58.7 Å². The van der Waals surface area contributed by atoms with E-state index in [-0.39, 0.29) is 17.5 Å². The van der Waals surface area contributed by atoms with Crippen LogP contribution >= 0.6 is 15.9 Å². The fourth-order valence-corrected chi connectivity index (χ4v) is 2.58. The van der Waals surface area contributed by atoms with Crippen molar-refractivity contribution in [1.29, 1.82) is 0 Å². The normalized spacial score (nSPS) is 10.9. The molecule has 2 aromatic carbocycles. The summed E-state index contributed by atoms with van der Waals surface area (Å²) in [5.41, 5.74) is 1.40. The van der Waals surface area contributed by atoms with Crippen molar-refractivity contribution in [2.24, 2.45) is 0 Å². The van der Waals surface area contributed by atoms with Gasteiger partial charge in [-0.15, -0.1) is 0 Å². The van der Waals surface area contributed by atoms with Crippen LogP contribution in [0.1, 0.15) is 22.8 Å². The zero-order chi connectivity index (χ0) is 18.2. The number of rotatable bonds is 6. The van der Waals surface area contributed by atoms with Gasteiger partial charge in [-0.25, -0.2) is 0 Å². The molecule has 0 fully saturated rings. The third kappa shape index (κ3) is 5.19. The highest BCUT2D eigenvalue weighted by Crippen LogP contribution is 2.17. The van der Waals surface area contributed by atoms with Crippen molar-refractivity contribution in [3.8, 4) is 5.75 Å². The van der Waals surface area contributed by atoms with Gasteiger partial charge in [-0.3, -0.25) is 9.59 Å². The molecule has 0 aliphatic rings. The molecule has 0 aliphatic carbocycles. The number of hydrogen-bond donors (Lipinski definition) is 2. The SMILES string of the molecule is CCNC(=O)C(=Cc1ccc(OC)cc1)NC(=O)c1ccccc1Br. The van der Waals surface area contributed by atoms with E-state index in [1.54, 1.807) is 43.5 Å². The van der Waals surface area contributed by atoms with E-state index in [0.29, 0.717) is 22.3 Å². The van der Waals surface area contributed by atoms with E-state index in [9.17, 15) is 9.59 Å². The third-order valence-electron chi connectivity index (χ3n) is 3.38. The molecule has 0 aromatic heterocycles. The Labute approximate surface area is 155 Å². The number of ether oxygens (including phenoxy) is 1. The van der Waals surface area contributed by atoms with Crippen LogP contribution in [0.25, 0.3) is 6.08 Å². The Bertz CT molecular complexity index is 786. The summed E-state index contributed by atoms with van der Waals surface area (Å²) >= 11 is 3.34. The second-order valence-corrected chi connectivity index (χ2v) is 5.98. The number of carbonyl (C=O) groups is 2. The van der Waals surface area contributed by atoms with E-state index in [4.69, 9.17) is 4.74 Å². The summed E-state index contributed by atoms with van der Waals surface area (Å²) in [6.07, 6.45) is 1.62. The molecule has 0 spiro atoms. The molecule has 0 saturated carbocycles. The second-order valence-electron chi connectivity index (χ2n) is 5.12. The summed E-state index contributed by atoms with van der Waals surface area (Å²) in [6.45, 7) is 2.28. The van der Waals surface area contributed by atoms with Crippen molar-refractivity contribution in [3.05, 3.63) is 69.8 Å². The number of amides is 2. The maximum atomic E-state index is 12.5. The average Bonchev–Trinajstić information content (AvgIpc) is 2.62. The molecule has 2 amide bonds. The van der Waals surface area contributed by atoms with Crippen LogP contribution in [-0.4, -0.2) is 25.5 Å². The fourth-order valence-electron chi connectivity index (χ4n) is 2.12. The first-order valence-corrected chi connectivity index (χ1v) is 8.54. The average molecular weight is 403 g/mol. The smallest absolute Gasteiger partial charge is 0.267 e. The second kappa shape index (κ2) is 9.03. The third-order valence-corrected chi connectivity index (χ3v) is 4.07. The zero-order valence-electron chi connectivity index (χ0n) is 14.0. The van der Waals surface area contributed by atoms with Crippen LogP contribution in [0.3, 0.4) is 0 Å². The Morgan fingerprint density at radius 1 is 1.12 bits per heavy atom. The van der Waals surface area contributed by atoms with Gasteiger partial charge in [0.1, 0.15) is 11.4 Å². The van der Waals surface area contributed by atoms with Crippen molar-refractivity contribution < 1.29 is 14.3 Å². The van der Waals surface area contributed by atoms with E-state index in [1.165, 1.54) is 0 Å². The van der Waals surface area contributed by atoms with Gasteiger partial charge in [-0.05, 0) is 58.8 Å². The van der Waals surface area contributed by atoms with E-state index < -0.39 is 0 Å². The monoisotopic (exact) mass is 402 g/mol. The predicted molar refractivity (Wildman–Crippen MR) is 101 cm³/mol. The first-order valence-electron chi connectivity index (χ1n) is 7.75. The first-order chi connectivity index (χ1) is 12.0. The summed E-state index contributed by atoms with van der Waals surface area (Å²) < 4.78 is 5.78. The Morgan fingerprint density at radius 2 is 1.80 bits per heavy atom. The maximum absolute atomic E-state index is 12.5. The lowest BCUT2D eigenvalue weighted by atomic mass is 10.1. The Kier molecular flexibility index (Phi) is 6.77. The number of methoxy groups -OCH3 is 1. The molecule has 2 N–H and O–H groups in total. The van der Waals surface area contributed by atoms with Crippen LogP contribution in [-0.2, 0) is 4.79 Å². The minimum absolute atomic E-state index is 0.174. The molecule has 0 heterocycles. The lowest BCUT2D eigenvalue weighted by Gasteiger charge is -2.11. The highest BCUT2D eigenvalue weighted by molar-refractivity contribution is 9.10. The fraction of sp³-hybridized carbons (Fsp3) is 0.158. The van der Waals surface area contributed by atoms with E-state index >= 15 is 0 Å². The first kappa shape index (κ1) is 18.7. The summed E-state index contributed by atoms with van der Waals surface area (Å²) in [5, 5.41) is 5.39. The number of likely N-dealkylation sites (N-methyl/N-ethyl adjacent to an activating group) is 1. The number of hydrogen-bond acceptors (Lipinski definition) is 3. The lowest BCUT2D eigenvalue weighted by Crippen LogP contribution is -2.34. The van der Waals surface area contributed by atoms with Gasteiger partial charge >= 0.3 is 0 Å². The Balaban J connectivity index is 2.29. The van der Waals surface area contributed by atoms with Crippen molar-refractivity contribution in [3.63, 3.8) is 0 Å². The van der Waals surface area contributed by atoms with Gasteiger partial charge in [-0.1, -0.05) is 24.3 Å². The minimum atomic E-state index is -0.363. The molecule has 2 aromatic rings. The van der Waals surface area contributed by atoms with Crippen molar-refractivity contribution >= 4 is 33.8 Å². The number of nitrogens with one attached hydrogen (secondary N) is 2.